The van der Waals surface area contributed by atoms with Gasteiger partial charge in [0.1, 0.15) is 5.75 Å². The van der Waals surface area contributed by atoms with E-state index in [9.17, 15) is 0 Å². The van der Waals surface area contributed by atoms with E-state index in [-0.39, 0.29) is 0 Å². The van der Waals surface area contributed by atoms with Crippen LogP contribution < -0.4 is 16.2 Å². The molecule has 4 N–H and O–H groups in total. The number of benzene rings is 2. The number of ether oxygens (including phenoxy) is 1. The van der Waals surface area contributed by atoms with Gasteiger partial charge in [0, 0.05) is 16.3 Å². The molecule has 4 heteroatoms. The van der Waals surface area contributed by atoms with Gasteiger partial charge in [-0.1, -0.05) is 12.1 Å². The number of nitrogens with two attached hydrogens (primary N) is 2. The molecule has 0 saturated carbocycles. The minimum absolute atomic E-state index is 0.809. The summed E-state index contributed by atoms with van der Waals surface area (Å²) in [5, 5.41) is 0. The average molecular weight is 288 g/mol. The SMILES string of the molecule is COc1ccc(N)c(SCCCc2ccc(N)cc2)c1. The molecule has 2 rings (SSSR count). The standard InChI is InChI=1S/C16H20N2OS/c1-19-14-8-9-15(18)16(11-14)20-10-2-3-12-4-6-13(17)7-5-12/h4-9,11H,2-3,10,17-18H2,1H3. The van der Waals surface area contributed by atoms with E-state index in [0.717, 1.165) is 40.6 Å². The van der Waals surface area contributed by atoms with E-state index >= 15 is 0 Å². The third-order valence-corrected chi connectivity index (χ3v) is 4.23. The summed E-state index contributed by atoms with van der Waals surface area (Å²) in [6.07, 6.45) is 2.16. The van der Waals surface area contributed by atoms with Crippen molar-refractivity contribution in [2.75, 3.05) is 24.3 Å². The Morgan fingerprint density at radius 3 is 2.50 bits per heavy atom. The van der Waals surface area contributed by atoms with E-state index in [4.69, 9.17) is 16.2 Å². The van der Waals surface area contributed by atoms with Crippen molar-refractivity contribution in [2.45, 2.75) is 17.7 Å². The number of nitrogen functional groups attached to an aromatic ring is 2. The number of hydrogen-bond donors (Lipinski definition) is 2. The summed E-state index contributed by atoms with van der Waals surface area (Å²) < 4.78 is 5.22. The Balaban J connectivity index is 1.82. The minimum Gasteiger partial charge on any atom is -0.497 e. The Labute approximate surface area is 124 Å². The highest BCUT2D eigenvalue weighted by Crippen LogP contribution is 2.29. The largest absolute Gasteiger partial charge is 0.497 e. The van der Waals surface area contributed by atoms with Gasteiger partial charge in [0.25, 0.3) is 0 Å². The molecule has 0 amide bonds. The number of thioether (sulfide) groups is 1. The fraction of sp³-hybridized carbons (Fsp3) is 0.250. The van der Waals surface area contributed by atoms with Crippen molar-refractivity contribution in [3.63, 3.8) is 0 Å². The molecule has 3 nitrogen and oxygen atoms in total. The van der Waals surface area contributed by atoms with Gasteiger partial charge in [-0.2, -0.15) is 0 Å². The maximum atomic E-state index is 5.96. The molecule has 0 aliphatic carbocycles. The first kappa shape index (κ1) is 14.6. The second-order valence-corrected chi connectivity index (χ2v) is 5.73. The molecule has 0 heterocycles. The fourth-order valence-electron chi connectivity index (χ4n) is 1.91. The van der Waals surface area contributed by atoms with E-state index in [1.807, 2.05) is 30.3 Å². The zero-order chi connectivity index (χ0) is 14.4. The molecule has 2 aromatic rings. The molecular weight excluding hydrogens is 268 g/mol. The van der Waals surface area contributed by atoms with E-state index in [2.05, 4.69) is 12.1 Å². The molecular formula is C16H20N2OS. The van der Waals surface area contributed by atoms with Crippen LogP contribution in [0.1, 0.15) is 12.0 Å². The third kappa shape index (κ3) is 4.10. The van der Waals surface area contributed by atoms with Crippen molar-refractivity contribution in [1.29, 1.82) is 0 Å². The van der Waals surface area contributed by atoms with E-state index in [1.165, 1.54) is 5.56 Å². The van der Waals surface area contributed by atoms with Crippen molar-refractivity contribution in [1.82, 2.24) is 0 Å². The molecule has 0 unspecified atom stereocenters. The number of hydrogen-bond acceptors (Lipinski definition) is 4. The van der Waals surface area contributed by atoms with Gasteiger partial charge >= 0.3 is 0 Å². The Morgan fingerprint density at radius 2 is 1.80 bits per heavy atom. The van der Waals surface area contributed by atoms with Crippen LogP contribution >= 0.6 is 11.8 Å². The Hall–Kier alpha value is -1.81. The lowest BCUT2D eigenvalue weighted by Crippen LogP contribution is -1.93. The summed E-state index contributed by atoms with van der Waals surface area (Å²) in [5.74, 6) is 1.88. The second kappa shape index (κ2) is 7.10. The third-order valence-electron chi connectivity index (χ3n) is 3.07. The lowest BCUT2D eigenvalue weighted by atomic mass is 10.1. The van der Waals surface area contributed by atoms with Crippen LogP contribution in [0.25, 0.3) is 0 Å². The monoisotopic (exact) mass is 288 g/mol. The van der Waals surface area contributed by atoms with E-state index < -0.39 is 0 Å². The molecule has 0 spiro atoms. The predicted octanol–water partition coefficient (Wildman–Crippen LogP) is 3.58. The van der Waals surface area contributed by atoms with Crippen LogP contribution in [0.5, 0.6) is 5.75 Å². The smallest absolute Gasteiger partial charge is 0.120 e. The van der Waals surface area contributed by atoms with Crippen molar-refractivity contribution < 1.29 is 4.74 Å². The normalized spacial score (nSPS) is 10.4. The summed E-state index contributed by atoms with van der Waals surface area (Å²) >= 11 is 1.77. The number of rotatable bonds is 6. The van der Waals surface area contributed by atoms with Crippen molar-refractivity contribution >= 4 is 23.1 Å². The molecule has 0 fully saturated rings. The predicted molar refractivity (Wildman–Crippen MR) is 87.3 cm³/mol. The van der Waals surface area contributed by atoms with Gasteiger partial charge in [-0.3, -0.25) is 0 Å². The second-order valence-electron chi connectivity index (χ2n) is 4.60. The minimum atomic E-state index is 0.809. The molecule has 0 radical (unpaired) electrons. The Kier molecular flexibility index (Phi) is 5.18. The van der Waals surface area contributed by atoms with Gasteiger partial charge in [0.2, 0.25) is 0 Å². The number of anilines is 2. The van der Waals surface area contributed by atoms with Gasteiger partial charge in [0.05, 0.1) is 7.11 Å². The van der Waals surface area contributed by atoms with E-state index in [1.54, 1.807) is 18.9 Å². The van der Waals surface area contributed by atoms with Crippen LogP contribution in [-0.4, -0.2) is 12.9 Å². The highest BCUT2D eigenvalue weighted by molar-refractivity contribution is 7.99. The summed E-state index contributed by atoms with van der Waals surface area (Å²) in [4.78, 5) is 1.08. The van der Waals surface area contributed by atoms with Crippen molar-refractivity contribution in [3.05, 3.63) is 48.0 Å². The highest BCUT2D eigenvalue weighted by atomic mass is 32.2. The van der Waals surface area contributed by atoms with Crippen LogP contribution in [0.2, 0.25) is 0 Å². The Morgan fingerprint density at radius 1 is 1.05 bits per heavy atom. The first-order valence-corrected chi connectivity index (χ1v) is 7.58. The molecule has 0 atom stereocenters. The quantitative estimate of drug-likeness (QED) is 0.484. The van der Waals surface area contributed by atoms with Crippen LogP contribution in [-0.2, 0) is 6.42 Å². The summed E-state index contributed by atoms with van der Waals surface area (Å²) in [5.41, 5.74) is 14.6. The molecule has 0 aromatic heterocycles. The molecule has 0 aliphatic heterocycles. The fourth-order valence-corrected chi connectivity index (χ4v) is 2.85. The van der Waals surface area contributed by atoms with Crippen molar-refractivity contribution in [2.24, 2.45) is 0 Å². The average Bonchev–Trinajstić information content (AvgIpc) is 2.47. The van der Waals surface area contributed by atoms with Gasteiger partial charge in [0.15, 0.2) is 0 Å². The van der Waals surface area contributed by atoms with E-state index in [0.29, 0.717) is 0 Å². The summed E-state index contributed by atoms with van der Waals surface area (Å²) in [6, 6.07) is 13.8. The van der Waals surface area contributed by atoms with Gasteiger partial charge in [-0.25, -0.2) is 0 Å². The molecule has 2 aromatic carbocycles. The highest BCUT2D eigenvalue weighted by Gasteiger charge is 2.02. The van der Waals surface area contributed by atoms with Gasteiger partial charge in [-0.05, 0) is 54.5 Å². The summed E-state index contributed by atoms with van der Waals surface area (Å²) in [7, 11) is 1.67. The van der Waals surface area contributed by atoms with Gasteiger partial charge in [-0.15, -0.1) is 11.8 Å². The molecule has 0 aliphatic rings. The molecule has 0 bridgehead atoms. The summed E-state index contributed by atoms with van der Waals surface area (Å²) in [6.45, 7) is 0. The zero-order valence-corrected chi connectivity index (χ0v) is 12.5. The first-order valence-electron chi connectivity index (χ1n) is 6.60. The van der Waals surface area contributed by atoms with Crippen molar-refractivity contribution in [3.8, 4) is 5.75 Å². The molecule has 106 valence electrons. The Bertz CT molecular complexity index is 555. The van der Waals surface area contributed by atoms with Crippen LogP contribution in [0.3, 0.4) is 0 Å². The zero-order valence-electron chi connectivity index (χ0n) is 11.6. The first-order chi connectivity index (χ1) is 9.69. The maximum absolute atomic E-state index is 5.96. The number of methoxy groups -OCH3 is 1. The lowest BCUT2D eigenvalue weighted by molar-refractivity contribution is 0.414. The van der Waals surface area contributed by atoms with Crippen LogP contribution in [0, 0.1) is 0 Å². The van der Waals surface area contributed by atoms with Crippen LogP contribution in [0.4, 0.5) is 11.4 Å². The maximum Gasteiger partial charge on any atom is 0.120 e. The van der Waals surface area contributed by atoms with Crippen LogP contribution in [0.15, 0.2) is 47.4 Å². The topological polar surface area (TPSA) is 61.3 Å². The molecule has 20 heavy (non-hydrogen) atoms. The van der Waals surface area contributed by atoms with Gasteiger partial charge < -0.3 is 16.2 Å². The lowest BCUT2D eigenvalue weighted by Gasteiger charge is -2.08. The molecule has 0 saturated heterocycles. The number of aryl methyl sites for hydroxylation is 1.